The van der Waals surface area contributed by atoms with Crippen LogP contribution in [-0.4, -0.2) is 32.5 Å². The third-order valence-electron chi connectivity index (χ3n) is 4.84. The number of H-pyrrole nitrogens is 1. The summed E-state index contributed by atoms with van der Waals surface area (Å²) in [5.74, 6) is 0.603. The van der Waals surface area contributed by atoms with Crippen LogP contribution < -0.4 is 5.43 Å². The largest absolute Gasteiger partial charge is 0.362 e. The standard InChI is InChI=1S/C20H20N4O3/c1-12-11-16(25)17(13(2)21-12)20(26)24-10-6-9-15(24)19-22-18(23-27-19)14-7-4-3-5-8-14/h3-5,7-8,11,15H,6,9-10H2,1-2H3,(H,21,25)/t15-/m1/s1. The zero-order valence-corrected chi connectivity index (χ0v) is 15.2. The lowest BCUT2D eigenvalue weighted by Gasteiger charge is -2.22. The van der Waals surface area contributed by atoms with Gasteiger partial charge in [0, 0.05) is 29.6 Å². The second-order valence-corrected chi connectivity index (χ2v) is 6.80. The molecule has 27 heavy (non-hydrogen) atoms. The Hall–Kier alpha value is -3.22. The number of likely N-dealkylation sites (tertiary alicyclic amines) is 1. The molecule has 4 rings (SSSR count). The molecule has 7 nitrogen and oxygen atoms in total. The molecule has 1 aliphatic rings. The van der Waals surface area contributed by atoms with Crippen LogP contribution in [0.3, 0.4) is 0 Å². The van der Waals surface area contributed by atoms with Crippen LogP contribution in [0.15, 0.2) is 45.7 Å². The Morgan fingerprint density at radius 2 is 2.04 bits per heavy atom. The third kappa shape index (κ3) is 3.16. The van der Waals surface area contributed by atoms with E-state index in [1.54, 1.807) is 18.7 Å². The molecular weight excluding hydrogens is 344 g/mol. The van der Waals surface area contributed by atoms with Crippen LogP contribution in [0.5, 0.6) is 0 Å². The van der Waals surface area contributed by atoms with Gasteiger partial charge in [0.2, 0.25) is 11.7 Å². The number of carbonyl (C=O) groups excluding carboxylic acids is 1. The summed E-state index contributed by atoms with van der Waals surface area (Å²) in [4.78, 5) is 34.7. The molecular formula is C20H20N4O3. The molecule has 0 unspecified atom stereocenters. The van der Waals surface area contributed by atoms with E-state index in [-0.39, 0.29) is 22.9 Å². The topological polar surface area (TPSA) is 92.1 Å². The molecule has 1 atom stereocenters. The summed E-state index contributed by atoms with van der Waals surface area (Å²) in [6, 6.07) is 10.7. The SMILES string of the molecule is Cc1cc(=O)c(C(=O)N2CCC[C@@H]2c2nc(-c3ccccc3)no2)c(C)[nH]1. The van der Waals surface area contributed by atoms with Gasteiger partial charge in [0.1, 0.15) is 11.6 Å². The highest BCUT2D eigenvalue weighted by molar-refractivity contribution is 5.95. The highest BCUT2D eigenvalue weighted by Crippen LogP contribution is 2.33. The summed E-state index contributed by atoms with van der Waals surface area (Å²) in [6.07, 6.45) is 1.55. The van der Waals surface area contributed by atoms with E-state index in [2.05, 4.69) is 15.1 Å². The van der Waals surface area contributed by atoms with E-state index in [9.17, 15) is 9.59 Å². The van der Waals surface area contributed by atoms with Crippen molar-refractivity contribution >= 4 is 5.91 Å². The Kier molecular flexibility index (Phi) is 4.35. The first-order chi connectivity index (χ1) is 13.0. The van der Waals surface area contributed by atoms with E-state index in [4.69, 9.17) is 4.52 Å². The lowest BCUT2D eigenvalue weighted by Crippen LogP contribution is -2.35. The summed E-state index contributed by atoms with van der Waals surface area (Å²) in [6.45, 7) is 4.09. The number of nitrogens with zero attached hydrogens (tertiary/aromatic N) is 3. The van der Waals surface area contributed by atoms with Gasteiger partial charge in [0.25, 0.3) is 5.91 Å². The number of rotatable bonds is 3. The monoisotopic (exact) mass is 364 g/mol. The minimum absolute atomic E-state index is 0.176. The van der Waals surface area contributed by atoms with Gasteiger partial charge >= 0.3 is 0 Å². The number of hydrogen-bond donors (Lipinski definition) is 1. The third-order valence-corrected chi connectivity index (χ3v) is 4.84. The van der Waals surface area contributed by atoms with Gasteiger partial charge in [0.15, 0.2) is 5.43 Å². The number of hydrogen-bond acceptors (Lipinski definition) is 5. The van der Waals surface area contributed by atoms with Crippen LogP contribution in [0.1, 0.15) is 46.5 Å². The lowest BCUT2D eigenvalue weighted by molar-refractivity contribution is 0.0707. The predicted octanol–water partition coefficient (Wildman–Crippen LogP) is 3.02. The summed E-state index contributed by atoms with van der Waals surface area (Å²) >= 11 is 0. The van der Waals surface area contributed by atoms with Crippen LogP contribution in [-0.2, 0) is 0 Å². The lowest BCUT2D eigenvalue weighted by atomic mass is 10.1. The normalized spacial score (nSPS) is 16.7. The van der Waals surface area contributed by atoms with Crippen LogP contribution in [0.2, 0.25) is 0 Å². The van der Waals surface area contributed by atoms with Gasteiger partial charge in [0.05, 0.1) is 0 Å². The molecule has 7 heteroatoms. The molecule has 138 valence electrons. The molecule has 0 bridgehead atoms. The Balaban J connectivity index is 1.65. The van der Waals surface area contributed by atoms with Crippen molar-refractivity contribution in [3.8, 4) is 11.4 Å². The number of aryl methyl sites for hydroxylation is 2. The van der Waals surface area contributed by atoms with Gasteiger partial charge in [-0.15, -0.1) is 0 Å². The highest BCUT2D eigenvalue weighted by atomic mass is 16.5. The molecule has 3 heterocycles. The molecule has 2 aromatic heterocycles. The number of pyridine rings is 1. The summed E-state index contributed by atoms with van der Waals surface area (Å²) in [5.41, 5.74) is 2.07. The Bertz CT molecular complexity index is 1040. The fourth-order valence-electron chi connectivity index (χ4n) is 3.60. The number of carbonyl (C=O) groups is 1. The van der Waals surface area contributed by atoms with E-state index in [1.807, 2.05) is 30.3 Å². The Morgan fingerprint density at radius 1 is 1.26 bits per heavy atom. The smallest absolute Gasteiger partial charge is 0.260 e. The van der Waals surface area contributed by atoms with Crippen molar-refractivity contribution in [3.63, 3.8) is 0 Å². The summed E-state index contributed by atoms with van der Waals surface area (Å²) in [7, 11) is 0. The maximum Gasteiger partial charge on any atom is 0.260 e. The second kappa shape index (κ2) is 6.83. The van der Waals surface area contributed by atoms with Crippen LogP contribution in [0, 0.1) is 13.8 Å². The van der Waals surface area contributed by atoms with Gasteiger partial charge in [-0.05, 0) is 26.7 Å². The van der Waals surface area contributed by atoms with Gasteiger partial charge in [-0.3, -0.25) is 9.59 Å². The number of aromatic nitrogens is 3. The summed E-state index contributed by atoms with van der Waals surface area (Å²) in [5, 5.41) is 4.05. The maximum absolute atomic E-state index is 13.1. The van der Waals surface area contributed by atoms with Crippen molar-refractivity contribution in [2.24, 2.45) is 0 Å². The van der Waals surface area contributed by atoms with Crippen molar-refractivity contribution in [1.29, 1.82) is 0 Å². The molecule has 0 spiro atoms. The molecule has 1 amide bonds. The zero-order valence-electron chi connectivity index (χ0n) is 15.2. The van der Waals surface area contributed by atoms with Crippen LogP contribution >= 0.6 is 0 Å². The Labute approximate surface area is 156 Å². The van der Waals surface area contributed by atoms with Gasteiger partial charge in [-0.2, -0.15) is 4.98 Å². The first kappa shape index (κ1) is 17.2. The zero-order chi connectivity index (χ0) is 19.0. The molecule has 0 saturated carbocycles. The minimum atomic E-state index is -0.317. The van der Waals surface area contributed by atoms with Crippen molar-refractivity contribution in [2.45, 2.75) is 32.7 Å². The van der Waals surface area contributed by atoms with Gasteiger partial charge in [-0.25, -0.2) is 0 Å². The van der Waals surface area contributed by atoms with Crippen molar-refractivity contribution in [3.05, 3.63) is 69.5 Å². The van der Waals surface area contributed by atoms with Crippen LogP contribution in [0.4, 0.5) is 0 Å². The second-order valence-electron chi connectivity index (χ2n) is 6.80. The molecule has 1 fully saturated rings. The molecule has 1 aromatic carbocycles. The quantitative estimate of drug-likeness (QED) is 0.771. The molecule has 3 aromatic rings. The Morgan fingerprint density at radius 3 is 2.78 bits per heavy atom. The maximum atomic E-state index is 13.1. The number of aromatic amines is 1. The van der Waals surface area contributed by atoms with E-state index >= 15 is 0 Å². The number of amides is 1. The highest BCUT2D eigenvalue weighted by Gasteiger charge is 2.36. The number of benzene rings is 1. The van der Waals surface area contributed by atoms with Gasteiger partial charge in [-0.1, -0.05) is 35.5 Å². The average molecular weight is 364 g/mol. The van der Waals surface area contributed by atoms with E-state index < -0.39 is 0 Å². The fourth-order valence-corrected chi connectivity index (χ4v) is 3.60. The average Bonchev–Trinajstić information content (AvgIpc) is 3.31. The van der Waals surface area contributed by atoms with E-state index in [0.29, 0.717) is 24.0 Å². The predicted molar refractivity (Wildman–Crippen MR) is 99.3 cm³/mol. The molecule has 1 aliphatic heterocycles. The van der Waals surface area contributed by atoms with E-state index in [1.165, 1.54) is 6.07 Å². The van der Waals surface area contributed by atoms with Crippen LogP contribution in [0.25, 0.3) is 11.4 Å². The molecule has 1 saturated heterocycles. The summed E-state index contributed by atoms with van der Waals surface area (Å²) < 4.78 is 5.46. The molecule has 1 N–H and O–H groups in total. The minimum Gasteiger partial charge on any atom is -0.362 e. The van der Waals surface area contributed by atoms with Crippen molar-refractivity contribution in [1.82, 2.24) is 20.0 Å². The number of nitrogens with one attached hydrogen (secondary N) is 1. The fraction of sp³-hybridized carbons (Fsp3) is 0.300. The van der Waals surface area contributed by atoms with Crippen molar-refractivity contribution < 1.29 is 9.32 Å². The van der Waals surface area contributed by atoms with Gasteiger partial charge < -0.3 is 14.4 Å². The first-order valence-electron chi connectivity index (χ1n) is 8.95. The molecule has 0 radical (unpaired) electrons. The van der Waals surface area contributed by atoms with E-state index in [0.717, 1.165) is 24.1 Å². The molecule has 0 aliphatic carbocycles. The first-order valence-corrected chi connectivity index (χ1v) is 8.95. The van der Waals surface area contributed by atoms with Crippen molar-refractivity contribution in [2.75, 3.05) is 6.54 Å².